The number of benzene rings is 9. The van der Waals surface area contributed by atoms with Gasteiger partial charge in [-0.2, -0.15) is 15.3 Å². The van der Waals surface area contributed by atoms with Gasteiger partial charge in [-0.05, 0) is 199 Å². The second-order valence-corrected chi connectivity index (χ2v) is 24.1. The zero-order valence-electron chi connectivity index (χ0n) is 56.6. The van der Waals surface area contributed by atoms with Crippen molar-refractivity contribution < 1.29 is 30.6 Å². The number of aromatic nitrogens is 6. The summed E-state index contributed by atoms with van der Waals surface area (Å²) in [7, 11) is 0. The zero-order valence-corrected chi connectivity index (χ0v) is 56.6. The fourth-order valence-corrected chi connectivity index (χ4v) is 11.6. The smallest absolute Gasteiger partial charge is 0.147 e. The molecule has 0 saturated heterocycles. The van der Waals surface area contributed by atoms with Gasteiger partial charge in [0.15, 0.2) is 0 Å². The Morgan fingerprint density at radius 2 is 0.543 bits per heavy atom. The van der Waals surface area contributed by atoms with E-state index in [0.29, 0.717) is 94.9 Å². The van der Waals surface area contributed by atoms with Gasteiger partial charge in [-0.1, -0.05) is 78.9 Å². The molecular formula is C84H69N15O6. The topological polar surface area (TPSA) is 283 Å². The van der Waals surface area contributed by atoms with Gasteiger partial charge in [0.1, 0.15) is 51.6 Å². The van der Waals surface area contributed by atoms with Crippen LogP contribution in [0.15, 0.2) is 341 Å². The molecule has 0 spiro atoms. The molecule has 15 aromatic rings. The van der Waals surface area contributed by atoms with Crippen molar-refractivity contribution in [3.8, 4) is 34.5 Å². The number of nitrogens with zero attached hydrogens (tertiary/aromatic N) is 15. The normalized spacial score (nSPS) is 11.2. The SMILES string of the molecule is Oc1cc(O)c2ccccc2c1N=Nc1ccc(N(Cc2ccccn2)Cc2ccccn2)cc1.Oc1ccc2c(N=Nc3ccc(N(Cc4ccccn4)Cc4ccccn4)cc3)c(O)ccc2c1.Oc1ccc2ccc(O)c(N=Nc3ccc(N(Cc4ccccn4)Cc4ccccn4)cc3)c2c1. The lowest BCUT2D eigenvalue weighted by Gasteiger charge is -2.24. The van der Waals surface area contributed by atoms with E-state index < -0.39 is 0 Å². The number of anilines is 3. The molecule has 0 bridgehead atoms. The summed E-state index contributed by atoms with van der Waals surface area (Å²) in [6.45, 7) is 3.79. The summed E-state index contributed by atoms with van der Waals surface area (Å²) in [5, 5.41) is 90.7. The Morgan fingerprint density at radius 1 is 0.229 bits per heavy atom. The molecule has 0 unspecified atom stereocenters. The highest BCUT2D eigenvalue weighted by molar-refractivity contribution is 5.99. The van der Waals surface area contributed by atoms with Crippen molar-refractivity contribution >= 4 is 83.5 Å². The van der Waals surface area contributed by atoms with Crippen molar-refractivity contribution in [3.05, 3.63) is 344 Å². The van der Waals surface area contributed by atoms with E-state index in [4.69, 9.17) is 0 Å². The van der Waals surface area contributed by atoms with Gasteiger partial charge in [0, 0.05) is 81.9 Å². The first-order valence-corrected chi connectivity index (χ1v) is 33.5. The van der Waals surface area contributed by atoms with Gasteiger partial charge in [-0.15, -0.1) is 15.3 Å². The van der Waals surface area contributed by atoms with E-state index in [1.54, 1.807) is 110 Å². The van der Waals surface area contributed by atoms with Crippen LogP contribution in [-0.4, -0.2) is 60.5 Å². The van der Waals surface area contributed by atoms with Crippen LogP contribution in [-0.2, 0) is 39.3 Å². The summed E-state index contributed by atoms with van der Waals surface area (Å²) in [4.78, 5) is 33.4. The first kappa shape index (κ1) is 69.2. The molecule has 0 atom stereocenters. The van der Waals surface area contributed by atoms with Crippen LogP contribution < -0.4 is 14.7 Å². The average molecular weight is 1380 g/mol. The molecule has 6 N–H and O–H groups in total. The van der Waals surface area contributed by atoms with Crippen molar-refractivity contribution in [2.24, 2.45) is 30.7 Å². The minimum absolute atomic E-state index is 0.000340. The zero-order chi connectivity index (χ0) is 72.1. The summed E-state index contributed by atoms with van der Waals surface area (Å²) in [6, 6.07) is 83.5. The molecule has 6 heterocycles. The third kappa shape index (κ3) is 18.4. The predicted molar refractivity (Wildman–Crippen MR) is 409 cm³/mol. The Labute approximate surface area is 604 Å². The van der Waals surface area contributed by atoms with E-state index in [9.17, 15) is 30.6 Å². The number of fused-ring (bicyclic) bond motifs is 3. The number of phenolic OH excluding ortho intramolecular Hbond substituents is 6. The molecule has 0 aliphatic carbocycles. The molecular weight excluding hydrogens is 1320 g/mol. The largest absolute Gasteiger partial charge is 0.508 e. The highest BCUT2D eigenvalue weighted by Crippen LogP contribution is 2.43. The number of rotatable bonds is 21. The van der Waals surface area contributed by atoms with Crippen LogP contribution in [0.1, 0.15) is 34.2 Å². The lowest BCUT2D eigenvalue weighted by atomic mass is 10.1. The minimum atomic E-state index is -0.126. The van der Waals surface area contributed by atoms with Crippen LogP contribution >= 0.6 is 0 Å². The Kier molecular flexibility index (Phi) is 22.2. The molecule has 105 heavy (non-hydrogen) atoms. The van der Waals surface area contributed by atoms with Gasteiger partial charge in [-0.3, -0.25) is 29.9 Å². The van der Waals surface area contributed by atoms with Crippen LogP contribution in [0, 0.1) is 0 Å². The quantitative estimate of drug-likeness (QED) is 0.0365. The van der Waals surface area contributed by atoms with Crippen molar-refractivity contribution in [3.63, 3.8) is 0 Å². The number of azo groups is 3. The second-order valence-electron chi connectivity index (χ2n) is 24.1. The Hall–Kier alpha value is -14.3. The van der Waals surface area contributed by atoms with Gasteiger partial charge in [0.2, 0.25) is 0 Å². The molecule has 15 rings (SSSR count). The Balaban J connectivity index is 0.000000140. The molecule has 516 valence electrons. The highest BCUT2D eigenvalue weighted by atomic mass is 16.3. The molecule has 21 heteroatoms. The minimum Gasteiger partial charge on any atom is -0.508 e. The van der Waals surface area contributed by atoms with Crippen molar-refractivity contribution in [1.29, 1.82) is 0 Å². The first-order valence-electron chi connectivity index (χ1n) is 33.5. The lowest BCUT2D eigenvalue weighted by molar-refractivity contribution is 0.455. The maximum absolute atomic E-state index is 10.3. The fourth-order valence-electron chi connectivity index (χ4n) is 11.6. The van der Waals surface area contributed by atoms with E-state index in [0.717, 1.165) is 62.0 Å². The average Bonchev–Trinajstić information content (AvgIpc) is 0.811. The van der Waals surface area contributed by atoms with Crippen LogP contribution in [0.25, 0.3) is 32.3 Å². The first-order chi connectivity index (χ1) is 51.5. The van der Waals surface area contributed by atoms with Crippen LogP contribution in [0.4, 0.5) is 51.2 Å². The van der Waals surface area contributed by atoms with Crippen molar-refractivity contribution in [1.82, 2.24) is 29.9 Å². The van der Waals surface area contributed by atoms with E-state index in [2.05, 4.69) is 75.3 Å². The van der Waals surface area contributed by atoms with E-state index >= 15 is 0 Å². The molecule has 0 aliphatic heterocycles. The van der Waals surface area contributed by atoms with Gasteiger partial charge >= 0.3 is 0 Å². The lowest BCUT2D eigenvalue weighted by Crippen LogP contribution is -2.23. The molecule has 0 saturated carbocycles. The number of pyridine rings is 6. The maximum Gasteiger partial charge on any atom is 0.147 e. The summed E-state index contributed by atoms with van der Waals surface area (Å²) in [5.74, 6) is 0.161. The molecule has 0 aliphatic rings. The van der Waals surface area contributed by atoms with E-state index in [1.807, 2.05) is 194 Å². The van der Waals surface area contributed by atoms with Gasteiger partial charge < -0.3 is 45.3 Å². The predicted octanol–water partition coefficient (Wildman–Crippen LogP) is 20.0. The van der Waals surface area contributed by atoms with Crippen LogP contribution in [0.3, 0.4) is 0 Å². The number of aromatic hydroxyl groups is 6. The Bertz CT molecular complexity index is 5180. The van der Waals surface area contributed by atoms with Crippen molar-refractivity contribution in [2.75, 3.05) is 14.7 Å². The summed E-state index contributed by atoms with van der Waals surface area (Å²) in [6.07, 6.45) is 10.8. The van der Waals surface area contributed by atoms with Gasteiger partial charge in [0.05, 0.1) is 90.5 Å². The number of hydrogen-bond acceptors (Lipinski definition) is 21. The van der Waals surface area contributed by atoms with Gasteiger partial charge in [0.25, 0.3) is 0 Å². The van der Waals surface area contributed by atoms with E-state index in [-0.39, 0.29) is 34.5 Å². The summed E-state index contributed by atoms with van der Waals surface area (Å²) < 4.78 is 0. The summed E-state index contributed by atoms with van der Waals surface area (Å²) in [5.41, 5.74) is 11.7. The van der Waals surface area contributed by atoms with Crippen LogP contribution in [0.2, 0.25) is 0 Å². The number of hydrogen-bond donors (Lipinski definition) is 6. The highest BCUT2D eigenvalue weighted by Gasteiger charge is 2.17. The summed E-state index contributed by atoms with van der Waals surface area (Å²) >= 11 is 0. The number of phenols is 6. The van der Waals surface area contributed by atoms with Crippen molar-refractivity contribution in [2.45, 2.75) is 39.3 Å². The van der Waals surface area contributed by atoms with Gasteiger partial charge in [-0.25, -0.2) is 0 Å². The monoisotopic (exact) mass is 1380 g/mol. The van der Waals surface area contributed by atoms with E-state index in [1.165, 1.54) is 6.07 Å². The maximum atomic E-state index is 10.3. The van der Waals surface area contributed by atoms with Crippen LogP contribution in [0.5, 0.6) is 34.5 Å². The Morgan fingerprint density at radius 3 is 0.914 bits per heavy atom. The standard InChI is InChI=1S/3C28H23N5O2/c34-25-13-7-20-8-14-27(35)28(26(20)17-25)32-31-21-9-11-24(12-10-21)33(18-22-5-1-3-15-29-22)19-23-6-2-4-16-30-23;34-25-12-13-26-20(17-25)7-14-27(35)28(26)32-31-21-8-10-24(11-9-21)33(18-22-5-1-3-15-29-22)19-23-6-2-4-16-30-23;34-26-17-27(35)28(25-10-2-1-9-24(25)26)32-31-20-11-13-23(14-12-20)33(18-21-7-3-5-15-29-21)19-22-8-4-6-16-30-22/h3*1-17,34-35H,18-19H2. The second kappa shape index (κ2) is 33.7. The molecule has 6 aromatic heterocycles. The molecule has 0 radical (unpaired) electrons. The molecule has 9 aromatic carbocycles. The molecule has 0 amide bonds. The fraction of sp³-hybridized carbons (Fsp3) is 0.0714. The third-order valence-corrected chi connectivity index (χ3v) is 16.8. The third-order valence-electron chi connectivity index (χ3n) is 16.8. The molecule has 21 nitrogen and oxygen atoms in total. The molecule has 0 fully saturated rings.